The Labute approximate surface area is 129 Å². The van der Waals surface area contributed by atoms with Gasteiger partial charge in [0.2, 0.25) is 0 Å². The summed E-state index contributed by atoms with van der Waals surface area (Å²) in [7, 11) is 0. The highest BCUT2D eigenvalue weighted by atomic mass is 32.1. The predicted octanol–water partition coefficient (Wildman–Crippen LogP) is 2.09. The Balaban J connectivity index is 1.97. The lowest BCUT2D eigenvalue weighted by atomic mass is 10.0. The van der Waals surface area contributed by atoms with Gasteiger partial charge in [-0.15, -0.1) is 11.3 Å². The van der Waals surface area contributed by atoms with E-state index in [1.807, 2.05) is 19.9 Å². The molecule has 1 amide bonds. The van der Waals surface area contributed by atoms with Crippen LogP contribution in [0, 0.1) is 18.8 Å². The first kappa shape index (κ1) is 16.0. The summed E-state index contributed by atoms with van der Waals surface area (Å²) in [6.07, 6.45) is 2.48. The monoisotopic (exact) mass is 307 g/mol. The van der Waals surface area contributed by atoms with Gasteiger partial charge in [0.25, 0.3) is 5.91 Å². The zero-order valence-corrected chi connectivity index (χ0v) is 13.3. The molecule has 5 heteroatoms. The quantitative estimate of drug-likeness (QED) is 0.838. The van der Waals surface area contributed by atoms with E-state index in [0.717, 1.165) is 29.9 Å². The molecular weight excluding hydrogens is 286 g/mol. The molecule has 1 fully saturated rings. The second kappa shape index (κ2) is 7.08. The van der Waals surface area contributed by atoms with Gasteiger partial charge in [0.05, 0.1) is 22.0 Å². The molecule has 1 aromatic rings. The zero-order chi connectivity index (χ0) is 15.3. The molecule has 0 aliphatic carbocycles. The molecule has 1 unspecified atom stereocenters. The molecule has 114 valence electrons. The third kappa shape index (κ3) is 4.31. The van der Waals surface area contributed by atoms with E-state index in [-0.39, 0.29) is 18.1 Å². The van der Waals surface area contributed by atoms with Gasteiger partial charge in [0.1, 0.15) is 0 Å². The Kier molecular flexibility index (Phi) is 5.40. The molecule has 21 heavy (non-hydrogen) atoms. The molecule has 0 bridgehead atoms. The predicted molar refractivity (Wildman–Crippen MR) is 83.6 cm³/mol. The van der Waals surface area contributed by atoms with Gasteiger partial charge in [0.15, 0.2) is 0 Å². The van der Waals surface area contributed by atoms with Crippen molar-refractivity contribution < 1.29 is 14.6 Å². The average Bonchev–Trinajstić information content (AvgIpc) is 3.04. The fraction of sp³-hybridized carbons (Fsp3) is 0.562. The summed E-state index contributed by atoms with van der Waals surface area (Å²) in [4.78, 5) is 13.7. The van der Waals surface area contributed by atoms with Crippen molar-refractivity contribution in [3.05, 3.63) is 21.4 Å². The van der Waals surface area contributed by atoms with Crippen molar-refractivity contribution >= 4 is 17.2 Å². The highest BCUT2D eigenvalue weighted by Gasteiger charge is 2.30. The summed E-state index contributed by atoms with van der Waals surface area (Å²) >= 11 is 1.39. The van der Waals surface area contributed by atoms with Crippen LogP contribution >= 0.6 is 11.3 Å². The first-order valence-corrected chi connectivity index (χ1v) is 7.98. The number of aliphatic hydroxyl groups excluding tert-OH is 1. The molecule has 1 saturated heterocycles. The molecule has 1 aliphatic rings. The van der Waals surface area contributed by atoms with Crippen LogP contribution in [0.2, 0.25) is 0 Å². The first-order valence-electron chi connectivity index (χ1n) is 7.16. The van der Waals surface area contributed by atoms with Crippen LogP contribution < -0.4 is 5.32 Å². The third-order valence-corrected chi connectivity index (χ3v) is 4.65. The maximum atomic E-state index is 12.2. The number of aryl methyl sites for hydroxylation is 1. The van der Waals surface area contributed by atoms with Crippen molar-refractivity contribution in [2.75, 3.05) is 19.8 Å². The van der Waals surface area contributed by atoms with E-state index >= 15 is 0 Å². The summed E-state index contributed by atoms with van der Waals surface area (Å²) in [6.45, 7) is 5.34. The Hall–Kier alpha value is -1.35. The fourth-order valence-electron chi connectivity index (χ4n) is 2.25. The minimum atomic E-state index is -0.230. The Morgan fingerprint density at radius 1 is 1.62 bits per heavy atom. The summed E-state index contributed by atoms with van der Waals surface area (Å²) in [6, 6.07) is 1.86. The number of nitrogens with one attached hydrogen (secondary N) is 1. The molecule has 1 aromatic heterocycles. The number of carbonyl (C=O) groups excluding carboxylic acids is 1. The highest BCUT2D eigenvalue weighted by Crippen LogP contribution is 2.25. The largest absolute Gasteiger partial charge is 0.395 e. The number of aliphatic hydroxyl groups is 1. The third-order valence-electron chi connectivity index (χ3n) is 3.50. The topological polar surface area (TPSA) is 58.6 Å². The van der Waals surface area contributed by atoms with Gasteiger partial charge < -0.3 is 15.2 Å². The summed E-state index contributed by atoms with van der Waals surface area (Å²) in [5.41, 5.74) is 0.769. The van der Waals surface area contributed by atoms with Gasteiger partial charge in [-0.1, -0.05) is 11.8 Å². The van der Waals surface area contributed by atoms with E-state index in [1.54, 1.807) is 0 Å². The van der Waals surface area contributed by atoms with Crippen LogP contribution in [0.1, 0.15) is 46.3 Å². The Morgan fingerprint density at radius 3 is 3.10 bits per heavy atom. The van der Waals surface area contributed by atoms with Crippen LogP contribution in [0.25, 0.3) is 0 Å². The van der Waals surface area contributed by atoms with Crippen molar-refractivity contribution in [3.8, 4) is 11.8 Å². The van der Waals surface area contributed by atoms with Gasteiger partial charge in [0, 0.05) is 19.6 Å². The molecule has 0 saturated carbocycles. The maximum absolute atomic E-state index is 12.2. The van der Waals surface area contributed by atoms with Crippen molar-refractivity contribution in [2.45, 2.75) is 38.7 Å². The van der Waals surface area contributed by atoms with Gasteiger partial charge >= 0.3 is 0 Å². The lowest BCUT2D eigenvalue weighted by Gasteiger charge is -2.23. The second-order valence-corrected chi connectivity index (χ2v) is 6.53. The van der Waals surface area contributed by atoms with Crippen molar-refractivity contribution in [2.24, 2.45) is 0 Å². The number of thiophene rings is 1. The number of rotatable bonds is 4. The zero-order valence-electron chi connectivity index (χ0n) is 12.5. The van der Waals surface area contributed by atoms with Gasteiger partial charge in [-0.3, -0.25) is 4.79 Å². The van der Waals surface area contributed by atoms with Crippen molar-refractivity contribution in [1.29, 1.82) is 0 Å². The number of amides is 1. The van der Waals surface area contributed by atoms with E-state index < -0.39 is 0 Å². The molecule has 2 rings (SSSR count). The lowest BCUT2D eigenvalue weighted by molar-refractivity contribution is 0.0206. The molecular formula is C16H21NO3S. The standard InChI is InChI=1S/C16H21NO3S/c1-12-10-14(21-13(12)6-3-4-8-18)15(19)17-11-16(2)7-5-9-20-16/h10,18H,4-5,7-9,11H2,1-2H3,(H,17,19). The second-order valence-electron chi connectivity index (χ2n) is 5.48. The summed E-state index contributed by atoms with van der Waals surface area (Å²) < 4.78 is 5.66. The lowest BCUT2D eigenvalue weighted by Crippen LogP contribution is -2.39. The Bertz CT molecular complexity index is 562. The molecule has 1 atom stereocenters. The van der Waals surface area contributed by atoms with Crippen LogP contribution in [0.4, 0.5) is 0 Å². The minimum Gasteiger partial charge on any atom is -0.395 e. The van der Waals surface area contributed by atoms with E-state index in [0.29, 0.717) is 17.8 Å². The molecule has 4 nitrogen and oxygen atoms in total. The van der Waals surface area contributed by atoms with Crippen molar-refractivity contribution in [3.63, 3.8) is 0 Å². The van der Waals surface area contributed by atoms with E-state index in [1.165, 1.54) is 11.3 Å². The van der Waals surface area contributed by atoms with Crippen LogP contribution in [0.5, 0.6) is 0 Å². The van der Waals surface area contributed by atoms with Gasteiger partial charge in [-0.2, -0.15) is 0 Å². The molecule has 2 heterocycles. The first-order chi connectivity index (χ1) is 10.0. The number of ether oxygens (including phenoxy) is 1. The fourth-order valence-corrected chi connectivity index (χ4v) is 3.21. The normalized spacial score (nSPS) is 20.9. The van der Waals surface area contributed by atoms with Crippen LogP contribution in [-0.2, 0) is 4.74 Å². The SMILES string of the molecule is Cc1cc(C(=O)NCC2(C)CCCO2)sc1C#CCCO. The molecule has 0 aromatic carbocycles. The average molecular weight is 307 g/mol. The molecule has 1 aliphatic heterocycles. The van der Waals surface area contributed by atoms with Gasteiger partial charge in [-0.05, 0) is 38.3 Å². The van der Waals surface area contributed by atoms with E-state index in [4.69, 9.17) is 9.84 Å². The van der Waals surface area contributed by atoms with Crippen LogP contribution in [-0.4, -0.2) is 36.4 Å². The van der Waals surface area contributed by atoms with E-state index in [9.17, 15) is 4.79 Å². The number of hydrogen-bond donors (Lipinski definition) is 2. The Morgan fingerprint density at radius 2 is 2.43 bits per heavy atom. The number of hydrogen-bond acceptors (Lipinski definition) is 4. The van der Waals surface area contributed by atoms with Crippen LogP contribution in [0.3, 0.4) is 0 Å². The molecule has 0 spiro atoms. The highest BCUT2D eigenvalue weighted by molar-refractivity contribution is 7.14. The maximum Gasteiger partial charge on any atom is 0.261 e. The van der Waals surface area contributed by atoms with E-state index in [2.05, 4.69) is 17.2 Å². The van der Waals surface area contributed by atoms with Crippen molar-refractivity contribution in [1.82, 2.24) is 5.32 Å². The summed E-state index contributed by atoms with van der Waals surface area (Å²) in [5, 5.41) is 11.7. The van der Waals surface area contributed by atoms with Gasteiger partial charge in [-0.25, -0.2) is 0 Å². The van der Waals surface area contributed by atoms with Crippen LogP contribution in [0.15, 0.2) is 6.07 Å². The molecule has 0 radical (unpaired) electrons. The number of carbonyl (C=O) groups is 1. The smallest absolute Gasteiger partial charge is 0.261 e. The summed E-state index contributed by atoms with van der Waals surface area (Å²) in [5.74, 6) is 5.81. The minimum absolute atomic E-state index is 0.0589. The molecule has 2 N–H and O–H groups in total.